The number of aliphatic carboxylic acids is 1. The molecule has 2 amide bonds. The van der Waals surface area contributed by atoms with Gasteiger partial charge in [0, 0.05) is 19.6 Å². The van der Waals surface area contributed by atoms with Gasteiger partial charge in [-0.25, -0.2) is 4.79 Å². The average Bonchev–Trinajstić information content (AvgIpc) is 2.44. The van der Waals surface area contributed by atoms with Crippen LogP contribution in [0.3, 0.4) is 0 Å². The van der Waals surface area contributed by atoms with Crippen molar-refractivity contribution in [1.29, 1.82) is 0 Å². The number of hydrogen-bond acceptors (Lipinski definition) is 2. The van der Waals surface area contributed by atoms with E-state index in [-0.39, 0.29) is 12.6 Å². The summed E-state index contributed by atoms with van der Waals surface area (Å²) >= 11 is 0. The maximum absolute atomic E-state index is 12.1. The summed E-state index contributed by atoms with van der Waals surface area (Å²) in [6, 6.07) is -0.139. The fourth-order valence-electron chi connectivity index (χ4n) is 2.63. The number of carboxylic acid groups (broad SMARTS) is 1. The summed E-state index contributed by atoms with van der Waals surface area (Å²) in [5, 5.41) is 11.8. The number of carboxylic acids is 1. The van der Waals surface area contributed by atoms with Crippen molar-refractivity contribution in [3.63, 3.8) is 0 Å². The summed E-state index contributed by atoms with van der Waals surface area (Å²) in [6.07, 6.45) is 4.39. The Morgan fingerprint density at radius 3 is 2.10 bits per heavy atom. The molecule has 116 valence electrons. The normalized spacial score (nSPS) is 18.7. The molecule has 0 aromatic rings. The molecule has 1 rings (SSSR count). The molecule has 2 N–H and O–H groups in total. The molecule has 0 spiro atoms. The van der Waals surface area contributed by atoms with Gasteiger partial charge in [-0.15, -0.1) is 0 Å². The minimum atomic E-state index is -0.929. The first kappa shape index (κ1) is 16.8. The van der Waals surface area contributed by atoms with Gasteiger partial charge in [-0.1, -0.05) is 26.7 Å². The van der Waals surface area contributed by atoms with Crippen molar-refractivity contribution in [3.05, 3.63) is 0 Å². The number of hydrogen-bond donors (Lipinski definition) is 2. The molecule has 20 heavy (non-hydrogen) atoms. The largest absolute Gasteiger partial charge is 0.481 e. The maximum atomic E-state index is 12.1. The SMILES string of the molecule is CCC1(CC)CCN(C(=O)NCC(C)(C)C(=O)O)CC1. The Kier molecular flexibility index (Phi) is 5.42. The molecule has 5 nitrogen and oxygen atoms in total. The summed E-state index contributed by atoms with van der Waals surface area (Å²) in [6.45, 7) is 9.35. The number of piperidine rings is 1. The van der Waals surface area contributed by atoms with Gasteiger partial charge >= 0.3 is 12.0 Å². The Bertz CT molecular complexity index is 352. The number of carbonyl (C=O) groups is 2. The number of rotatable bonds is 5. The first-order chi connectivity index (χ1) is 9.26. The second-order valence-corrected chi connectivity index (χ2v) is 6.54. The number of nitrogens with zero attached hydrogens (tertiary/aromatic N) is 1. The predicted octanol–water partition coefficient (Wildman–Crippen LogP) is 2.71. The minimum absolute atomic E-state index is 0.139. The highest BCUT2D eigenvalue weighted by atomic mass is 16.4. The van der Waals surface area contributed by atoms with Gasteiger partial charge in [0.15, 0.2) is 0 Å². The molecule has 0 bridgehead atoms. The lowest BCUT2D eigenvalue weighted by Crippen LogP contribution is -2.49. The van der Waals surface area contributed by atoms with E-state index in [1.807, 2.05) is 4.90 Å². The average molecular weight is 284 g/mol. The van der Waals surface area contributed by atoms with Crippen LogP contribution in [-0.4, -0.2) is 41.6 Å². The van der Waals surface area contributed by atoms with E-state index in [1.165, 1.54) is 0 Å². The zero-order chi connectivity index (χ0) is 15.4. The van der Waals surface area contributed by atoms with Crippen LogP contribution in [0.15, 0.2) is 0 Å². The lowest BCUT2D eigenvalue weighted by molar-refractivity contribution is -0.146. The summed E-state index contributed by atoms with van der Waals surface area (Å²) in [5.41, 5.74) is -0.543. The van der Waals surface area contributed by atoms with Crippen LogP contribution in [0.25, 0.3) is 0 Å². The van der Waals surface area contributed by atoms with Crippen molar-refractivity contribution >= 4 is 12.0 Å². The molecule has 1 heterocycles. The molecule has 0 unspecified atom stereocenters. The quantitative estimate of drug-likeness (QED) is 0.815. The number of carbonyl (C=O) groups excluding carboxylic acids is 1. The first-order valence-electron chi connectivity index (χ1n) is 7.52. The number of nitrogens with one attached hydrogen (secondary N) is 1. The van der Waals surface area contributed by atoms with E-state index >= 15 is 0 Å². The van der Waals surface area contributed by atoms with Gasteiger partial charge in [0.05, 0.1) is 5.41 Å². The van der Waals surface area contributed by atoms with Crippen molar-refractivity contribution < 1.29 is 14.7 Å². The van der Waals surface area contributed by atoms with Crippen LogP contribution < -0.4 is 5.32 Å². The molecule has 0 aromatic carbocycles. The van der Waals surface area contributed by atoms with Gasteiger partial charge in [-0.3, -0.25) is 4.79 Å². The highest BCUT2D eigenvalue weighted by Crippen LogP contribution is 2.37. The summed E-state index contributed by atoms with van der Waals surface area (Å²) in [5.74, 6) is -0.896. The topological polar surface area (TPSA) is 69.6 Å². The smallest absolute Gasteiger partial charge is 0.317 e. The molecule has 0 aliphatic carbocycles. The summed E-state index contributed by atoms with van der Waals surface area (Å²) < 4.78 is 0. The Balaban J connectivity index is 2.46. The van der Waals surface area contributed by atoms with E-state index in [4.69, 9.17) is 5.11 Å². The Hall–Kier alpha value is -1.26. The van der Waals surface area contributed by atoms with E-state index in [2.05, 4.69) is 19.2 Å². The van der Waals surface area contributed by atoms with Gasteiger partial charge in [-0.2, -0.15) is 0 Å². The van der Waals surface area contributed by atoms with Crippen LogP contribution >= 0.6 is 0 Å². The van der Waals surface area contributed by atoms with Gasteiger partial charge in [0.1, 0.15) is 0 Å². The third-order valence-electron chi connectivity index (χ3n) is 4.87. The predicted molar refractivity (Wildman–Crippen MR) is 78.6 cm³/mol. The maximum Gasteiger partial charge on any atom is 0.317 e. The third kappa shape index (κ3) is 3.87. The van der Waals surface area contributed by atoms with Crippen molar-refractivity contribution in [2.45, 2.75) is 53.4 Å². The highest BCUT2D eigenvalue weighted by Gasteiger charge is 2.34. The molecule has 0 atom stereocenters. The van der Waals surface area contributed by atoms with Gasteiger partial charge in [0.25, 0.3) is 0 Å². The fourth-order valence-corrected chi connectivity index (χ4v) is 2.63. The molecular formula is C15H28N2O3. The van der Waals surface area contributed by atoms with Crippen LogP contribution in [-0.2, 0) is 4.79 Å². The monoisotopic (exact) mass is 284 g/mol. The molecule has 0 saturated carbocycles. The van der Waals surface area contributed by atoms with Crippen molar-refractivity contribution in [3.8, 4) is 0 Å². The standard InChI is InChI=1S/C15H28N2O3/c1-5-15(6-2)7-9-17(10-8-15)13(20)16-11-14(3,4)12(18)19/h5-11H2,1-4H3,(H,16,20)(H,18,19). The number of likely N-dealkylation sites (tertiary alicyclic amines) is 1. The lowest BCUT2D eigenvalue weighted by atomic mass is 9.74. The van der Waals surface area contributed by atoms with Crippen LogP contribution in [0, 0.1) is 10.8 Å². The van der Waals surface area contributed by atoms with Crippen molar-refractivity contribution in [2.24, 2.45) is 10.8 Å². The Morgan fingerprint density at radius 2 is 1.70 bits per heavy atom. The van der Waals surface area contributed by atoms with Gasteiger partial charge in [-0.05, 0) is 32.1 Å². The zero-order valence-corrected chi connectivity index (χ0v) is 13.2. The molecule has 1 aliphatic rings. The number of urea groups is 1. The lowest BCUT2D eigenvalue weighted by Gasteiger charge is -2.41. The van der Waals surface area contributed by atoms with Crippen LogP contribution in [0.1, 0.15) is 53.4 Å². The second kappa shape index (κ2) is 6.46. The fraction of sp³-hybridized carbons (Fsp3) is 0.867. The first-order valence-corrected chi connectivity index (χ1v) is 7.52. The van der Waals surface area contributed by atoms with Gasteiger partial charge in [0.2, 0.25) is 0 Å². The molecular weight excluding hydrogens is 256 g/mol. The molecule has 0 radical (unpaired) electrons. The summed E-state index contributed by atoms with van der Waals surface area (Å²) in [4.78, 5) is 24.9. The molecule has 1 fully saturated rings. The highest BCUT2D eigenvalue weighted by molar-refractivity contribution is 5.77. The third-order valence-corrected chi connectivity index (χ3v) is 4.87. The van der Waals surface area contributed by atoms with E-state index in [9.17, 15) is 9.59 Å². The molecule has 0 aromatic heterocycles. The number of amides is 2. The second-order valence-electron chi connectivity index (χ2n) is 6.54. The summed E-state index contributed by atoms with van der Waals surface area (Å²) in [7, 11) is 0. The molecule has 5 heteroatoms. The van der Waals surface area contributed by atoms with E-state index in [1.54, 1.807) is 13.8 Å². The zero-order valence-electron chi connectivity index (χ0n) is 13.2. The molecule has 1 saturated heterocycles. The van der Waals surface area contributed by atoms with E-state index in [0.29, 0.717) is 5.41 Å². The Labute approximate surface area is 121 Å². The van der Waals surface area contributed by atoms with E-state index in [0.717, 1.165) is 38.8 Å². The van der Waals surface area contributed by atoms with Crippen LogP contribution in [0.2, 0.25) is 0 Å². The van der Waals surface area contributed by atoms with Crippen molar-refractivity contribution in [2.75, 3.05) is 19.6 Å². The van der Waals surface area contributed by atoms with Gasteiger partial charge < -0.3 is 15.3 Å². The van der Waals surface area contributed by atoms with E-state index < -0.39 is 11.4 Å². The minimum Gasteiger partial charge on any atom is -0.481 e. The van der Waals surface area contributed by atoms with Crippen LogP contribution in [0.5, 0.6) is 0 Å². The van der Waals surface area contributed by atoms with Crippen molar-refractivity contribution in [1.82, 2.24) is 10.2 Å². The van der Waals surface area contributed by atoms with Crippen LogP contribution in [0.4, 0.5) is 4.79 Å². The Morgan fingerprint density at radius 1 is 1.20 bits per heavy atom. The molecule has 1 aliphatic heterocycles.